The first-order chi connectivity index (χ1) is 17.5. The van der Waals surface area contributed by atoms with Crippen LogP contribution in [0.25, 0.3) is 0 Å². The van der Waals surface area contributed by atoms with Gasteiger partial charge in [0, 0.05) is 25.8 Å². The lowest BCUT2D eigenvalue weighted by Crippen LogP contribution is -2.66. The van der Waals surface area contributed by atoms with Crippen LogP contribution >= 0.6 is 0 Å². The molecule has 0 spiro atoms. The van der Waals surface area contributed by atoms with Gasteiger partial charge in [-0.3, -0.25) is 4.79 Å². The fourth-order valence-electron chi connectivity index (χ4n) is 4.33. The molecule has 37 heavy (non-hydrogen) atoms. The number of unbranched alkanes of at least 4 members (excludes halogenated alkanes) is 1. The number of benzene rings is 2. The lowest BCUT2D eigenvalue weighted by Gasteiger charge is -2.42. The Hall–Kier alpha value is -2.88. The Morgan fingerprint density at radius 3 is 1.86 bits per heavy atom. The number of ketones is 1. The maximum absolute atomic E-state index is 12.1. The van der Waals surface area contributed by atoms with Crippen LogP contribution in [0.5, 0.6) is 0 Å². The second-order valence-corrected chi connectivity index (χ2v) is 15.5. The Bertz CT molecular complexity index is 1000. The zero-order chi connectivity index (χ0) is 27.4. The van der Waals surface area contributed by atoms with Crippen molar-refractivity contribution in [3.63, 3.8) is 0 Å². The highest BCUT2D eigenvalue weighted by atomic mass is 28.4. The minimum atomic E-state index is -2.57. The van der Waals surface area contributed by atoms with Crippen molar-refractivity contribution >= 4 is 30.6 Å². The molecule has 0 radical (unpaired) electrons. The first-order valence-corrected chi connectivity index (χ1v) is 15.1. The Balaban J connectivity index is 1.85. The summed E-state index contributed by atoms with van der Waals surface area (Å²) in [6.07, 6.45) is 2.49. The van der Waals surface area contributed by atoms with E-state index in [0.717, 1.165) is 6.42 Å². The zero-order valence-electron chi connectivity index (χ0n) is 23.4. The van der Waals surface area contributed by atoms with Crippen molar-refractivity contribution in [2.24, 2.45) is 0 Å². The first kappa shape index (κ1) is 30.3. The van der Waals surface area contributed by atoms with Crippen LogP contribution in [-0.2, 0) is 14.0 Å². The summed E-state index contributed by atoms with van der Waals surface area (Å²) in [6.45, 7) is 13.0. The van der Waals surface area contributed by atoms with Crippen LogP contribution in [-0.4, -0.2) is 38.9 Å². The topological polar surface area (TPSA) is 64.6 Å². The monoisotopic (exact) mass is 521 g/mol. The molecule has 0 aliphatic rings. The molecule has 0 unspecified atom stereocenters. The van der Waals surface area contributed by atoms with Gasteiger partial charge < -0.3 is 14.5 Å². The van der Waals surface area contributed by atoms with Gasteiger partial charge >= 0.3 is 6.09 Å². The lowest BCUT2D eigenvalue weighted by molar-refractivity contribution is -0.119. The molecule has 0 aliphatic heterocycles. The number of hydrogen-bond donors (Lipinski definition) is 1. The predicted octanol–water partition coefficient (Wildman–Crippen LogP) is 5.61. The van der Waals surface area contributed by atoms with Crippen molar-refractivity contribution in [1.29, 1.82) is 0 Å². The minimum Gasteiger partial charge on any atom is -0.444 e. The second kappa shape index (κ2) is 14.2. The van der Waals surface area contributed by atoms with Gasteiger partial charge in [0.2, 0.25) is 0 Å². The summed E-state index contributed by atoms with van der Waals surface area (Å²) < 4.78 is 12.0. The van der Waals surface area contributed by atoms with Gasteiger partial charge in [0.15, 0.2) is 0 Å². The number of ether oxygens (including phenoxy) is 1. The van der Waals surface area contributed by atoms with Gasteiger partial charge in [-0.25, -0.2) is 4.79 Å². The molecule has 0 bridgehead atoms. The summed E-state index contributed by atoms with van der Waals surface area (Å²) in [4.78, 5) is 23.8. The molecule has 5 nitrogen and oxygen atoms in total. The molecule has 6 heteroatoms. The van der Waals surface area contributed by atoms with Gasteiger partial charge in [-0.05, 0) is 49.0 Å². The largest absolute Gasteiger partial charge is 0.444 e. The number of alkyl carbamates (subject to hydrolysis) is 1. The highest BCUT2D eigenvalue weighted by Gasteiger charge is 2.49. The highest BCUT2D eigenvalue weighted by Crippen LogP contribution is 2.36. The maximum Gasteiger partial charge on any atom is 0.407 e. The van der Waals surface area contributed by atoms with E-state index in [-0.39, 0.29) is 10.8 Å². The van der Waals surface area contributed by atoms with Crippen LogP contribution in [0.1, 0.15) is 73.6 Å². The van der Waals surface area contributed by atoms with Crippen molar-refractivity contribution in [2.75, 3.05) is 13.2 Å². The standard InChI is InChI=1S/C31H43NO4Si/c1-30(2,3)36-29(34)32-24-17-19-26(33)18-11-7-8-16-25-35-37(31(4,5)6,27-20-12-9-13-21-27)28-22-14-10-15-23-28/h9-10,12-15,20-23H,7,11,17-19,24-25H2,1-6H3,(H,32,34). The molecule has 0 fully saturated rings. The molecule has 0 saturated carbocycles. The highest BCUT2D eigenvalue weighted by molar-refractivity contribution is 6.99. The van der Waals surface area contributed by atoms with Crippen LogP contribution in [0.2, 0.25) is 5.04 Å². The third-order valence-corrected chi connectivity index (χ3v) is 10.9. The SMILES string of the molecule is CC(C)(C)OC(=O)NCCCC(=O)CCCC#CCO[Si](c1ccccc1)(c1ccccc1)C(C)(C)C. The summed E-state index contributed by atoms with van der Waals surface area (Å²) in [7, 11) is -2.57. The molecule has 2 aromatic rings. The van der Waals surface area contributed by atoms with E-state index in [1.807, 2.05) is 32.9 Å². The van der Waals surface area contributed by atoms with E-state index >= 15 is 0 Å². The van der Waals surface area contributed by atoms with E-state index in [1.165, 1.54) is 10.4 Å². The number of hydrogen-bond acceptors (Lipinski definition) is 4. The summed E-state index contributed by atoms with van der Waals surface area (Å²) in [5, 5.41) is 5.08. The second-order valence-electron chi connectivity index (χ2n) is 11.2. The average molecular weight is 522 g/mol. The molecule has 0 atom stereocenters. The number of Topliss-reactive ketones (excluding diaryl/α,β-unsaturated/α-hetero) is 1. The Labute approximate surface area is 224 Å². The predicted molar refractivity (Wildman–Crippen MR) is 154 cm³/mol. The zero-order valence-corrected chi connectivity index (χ0v) is 24.4. The lowest BCUT2D eigenvalue weighted by atomic mass is 10.1. The molecule has 0 aromatic heterocycles. The summed E-state index contributed by atoms with van der Waals surface area (Å²) >= 11 is 0. The van der Waals surface area contributed by atoms with Gasteiger partial charge in [0.1, 0.15) is 11.4 Å². The van der Waals surface area contributed by atoms with E-state index in [4.69, 9.17) is 9.16 Å². The van der Waals surface area contributed by atoms with Crippen molar-refractivity contribution in [3.05, 3.63) is 60.7 Å². The van der Waals surface area contributed by atoms with Gasteiger partial charge in [-0.15, -0.1) is 5.92 Å². The molecular weight excluding hydrogens is 478 g/mol. The van der Waals surface area contributed by atoms with E-state index in [1.54, 1.807) is 0 Å². The van der Waals surface area contributed by atoms with Gasteiger partial charge in [0.05, 0.1) is 6.61 Å². The van der Waals surface area contributed by atoms with E-state index < -0.39 is 20.0 Å². The van der Waals surface area contributed by atoms with Crippen molar-refractivity contribution < 1.29 is 18.8 Å². The molecule has 2 rings (SSSR count). The van der Waals surface area contributed by atoms with Crippen LogP contribution in [0.15, 0.2) is 60.7 Å². The van der Waals surface area contributed by atoms with Crippen molar-refractivity contribution in [2.45, 2.75) is 84.3 Å². The fraction of sp³-hybridized carbons (Fsp3) is 0.484. The summed E-state index contributed by atoms with van der Waals surface area (Å²) in [5.74, 6) is 6.58. The first-order valence-electron chi connectivity index (χ1n) is 13.1. The molecular formula is C31H43NO4Si. The van der Waals surface area contributed by atoms with Crippen LogP contribution in [0.3, 0.4) is 0 Å². The molecule has 0 saturated heterocycles. The molecule has 200 valence electrons. The maximum atomic E-state index is 12.1. The third kappa shape index (κ3) is 9.83. The molecule has 0 heterocycles. The Morgan fingerprint density at radius 1 is 0.811 bits per heavy atom. The van der Waals surface area contributed by atoms with Crippen LogP contribution in [0.4, 0.5) is 4.79 Å². The van der Waals surface area contributed by atoms with Crippen molar-refractivity contribution in [1.82, 2.24) is 5.32 Å². The number of rotatable bonds is 11. The molecule has 2 aromatic carbocycles. The van der Waals surface area contributed by atoms with E-state index in [0.29, 0.717) is 38.8 Å². The normalized spacial score (nSPS) is 11.8. The number of nitrogens with one attached hydrogen (secondary N) is 1. The van der Waals surface area contributed by atoms with Gasteiger partial charge in [-0.2, -0.15) is 0 Å². The third-order valence-electron chi connectivity index (χ3n) is 5.96. The number of carbonyl (C=O) groups excluding carboxylic acids is 2. The van der Waals surface area contributed by atoms with Gasteiger partial charge in [0.25, 0.3) is 8.32 Å². The van der Waals surface area contributed by atoms with Crippen LogP contribution in [0, 0.1) is 11.8 Å². The van der Waals surface area contributed by atoms with E-state index in [9.17, 15) is 9.59 Å². The minimum absolute atomic E-state index is 0.0812. The van der Waals surface area contributed by atoms with Gasteiger partial charge in [-0.1, -0.05) is 87.4 Å². The van der Waals surface area contributed by atoms with Crippen LogP contribution < -0.4 is 15.7 Å². The Morgan fingerprint density at radius 2 is 1.35 bits per heavy atom. The summed E-state index contributed by atoms with van der Waals surface area (Å²) in [5.41, 5.74) is -0.522. The smallest absolute Gasteiger partial charge is 0.407 e. The number of amides is 1. The molecule has 1 N–H and O–H groups in total. The molecule has 0 aliphatic carbocycles. The number of carbonyl (C=O) groups is 2. The molecule has 1 amide bonds. The Kier molecular flexibility index (Phi) is 11.6. The van der Waals surface area contributed by atoms with E-state index in [2.05, 4.69) is 86.5 Å². The average Bonchev–Trinajstić information content (AvgIpc) is 2.83. The quantitative estimate of drug-likeness (QED) is 0.237. The summed E-state index contributed by atoms with van der Waals surface area (Å²) in [6, 6.07) is 21.1. The fourth-order valence-corrected chi connectivity index (χ4v) is 8.78. The van der Waals surface area contributed by atoms with Crippen molar-refractivity contribution in [3.8, 4) is 11.8 Å².